The Bertz CT molecular complexity index is 692. The highest BCUT2D eigenvalue weighted by molar-refractivity contribution is 9.10. The van der Waals surface area contributed by atoms with E-state index in [0.717, 1.165) is 12.2 Å². The van der Waals surface area contributed by atoms with Gasteiger partial charge >= 0.3 is 0 Å². The molecule has 21 heavy (non-hydrogen) atoms. The van der Waals surface area contributed by atoms with E-state index in [0.29, 0.717) is 15.1 Å². The topological polar surface area (TPSA) is 29.1 Å². The van der Waals surface area contributed by atoms with E-state index in [4.69, 9.17) is 11.6 Å². The van der Waals surface area contributed by atoms with Crippen LogP contribution in [0.15, 0.2) is 51.8 Å². The molecule has 1 atom stereocenters. The zero-order valence-corrected chi connectivity index (χ0v) is 14.3. The van der Waals surface area contributed by atoms with E-state index in [1.807, 2.05) is 23.9 Å². The van der Waals surface area contributed by atoms with Gasteiger partial charge in [0.25, 0.3) is 5.91 Å². The lowest BCUT2D eigenvalue weighted by Gasteiger charge is -2.26. The van der Waals surface area contributed by atoms with Gasteiger partial charge in [0, 0.05) is 20.1 Å². The average molecular weight is 383 g/mol. The third kappa shape index (κ3) is 3.28. The van der Waals surface area contributed by atoms with Crippen molar-refractivity contribution in [2.24, 2.45) is 0 Å². The summed E-state index contributed by atoms with van der Waals surface area (Å²) in [6.45, 7) is 0. The zero-order chi connectivity index (χ0) is 14.8. The van der Waals surface area contributed by atoms with Crippen LogP contribution in [0.3, 0.4) is 0 Å². The lowest BCUT2D eigenvalue weighted by atomic mass is 10.0. The summed E-state index contributed by atoms with van der Waals surface area (Å²) in [5, 5.41) is 3.74. The van der Waals surface area contributed by atoms with Crippen LogP contribution in [0.4, 0.5) is 0 Å². The van der Waals surface area contributed by atoms with Crippen LogP contribution in [0.25, 0.3) is 0 Å². The summed E-state index contributed by atoms with van der Waals surface area (Å²) in [4.78, 5) is 13.7. The van der Waals surface area contributed by atoms with Crippen LogP contribution in [0.2, 0.25) is 5.02 Å². The third-order valence-corrected chi connectivity index (χ3v) is 5.45. The van der Waals surface area contributed by atoms with Gasteiger partial charge in [0.05, 0.1) is 11.6 Å². The van der Waals surface area contributed by atoms with Gasteiger partial charge in [-0.05, 0) is 52.2 Å². The first-order chi connectivity index (χ1) is 10.1. The van der Waals surface area contributed by atoms with Crippen LogP contribution in [0.1, 0.15) is 28.4 Å². The Morgan fingerprint density at radius 3 is 2.90 bits per heavy atom. The number of hydrogen-bond donors (Lipinski definition) is 1. The lowest BCUT2D eigenvalue weighted by Crippen LogP contribution is -2.30. The quantitative estimate of drug-likeness (QED) is 0.785. The number of rotatable bonds is 2. The summed E-state index contributed by atoms with van der Waals surface area (Å²) < 4.78 is 0.714. The second kappa shape index (κ2) is 6.42. The van der Waals surface area contributed by atoms with Gasteiger partial charge in [-0.2, -0.15) is 0 Å². The van der Waals surface area contributed by atoms with Crippen LogP contribution in [0, 0.1) is 0 Å². The zero-order valence-electron chi connectivity index (χ0n) is 11.1. The molecule has 1 unspecified atom stereocenters. The van der Waals surface area contributed by atoms with Gasteiger partial charge in [0.2, 0.25) is 0 Å². The highest BCUT2D eigenvalue weighted by Crippen LogP contribution is 2.36. The number of thioether (sulfide) groups is 1. The molecular formula is C16H13BrClNOS. The molecule has 0 saturated carbocycles. The van der Waals surface area contributed by atoms with Crippen molar-refractivity contribution in [2.75, 3.05) is 5.75 Å². The smallest absolute Gasteiger partial charge is 0.252 e. The van der Waals surface area contributed by atoms with Crippen LogP contribution in [0.5, 0.6) is 0 Å². The maximum atomic E-state index is 12.5. The molecular weight excluding hydrogens is 370 g/mol. The first-order valence-electron chi connectivity index (χ1n) is 6.63. The maximum Gasteiger partial charge on any atom is 0.252 e. The molecule has 0 aromatic heterocycles. The Kier molecular flexibility index (Phi) is 4.57. The molecule has 1 aliphatic rings. The largest absolute Gasteiger partial charge is 0.345 e. The fraction of sp³-hybridized carbons (Fsp3) is 0.188. The lowest BCUT2D eigenvalue weighted by molar-refractivity contribution is 0.0934. The fourth-order valence-electron chi connectivity index (χ4n) is 2.40. The van der Waals surface area contributed by atoms with E-state index in [2.05, 4.69) is 33.4 Å². The number of carbonyl (C=O) groups is 1. The molecule has 0 bridgehead atoms. The Balaban J connectivity index is 1.83. The normalized spacial score (nSPS) is 17.1. The molecule has 2 aromatic rings. The number of hydrogen-bond acceptors (Lipinski definition) is 2. The van der Waals surface area contributed by atoms with E-state index in [9.17, 15) is 4.79 Å². The van der Waals surface area contributed by atoms with E-state index in [1.54, 1.807) is 18.2 Å². The summed E-state index contributed by atoms with van der Waals surface area (Å²) in [5.41, 5.74) is 1.81. The predicted molar refractivity (Wildman–Crippen MR) is 91.1 cm³/mol. The summed E-state index contributed by atoms with van der Waals surface area (Å²) in [6.07, 6.45) is 0.943. The van der Waals surface area contributed by atoms with E-state index in [-0.39, 0.29) is 11.9 Å². The average Bonchev–Trinajstić information content (AvgIpc) is 2.47. The highest BCUT2D eigenvalue weighted by Gasteiger charge is 2.23. The molecule has 0 saturated heterocycles. The maximum absolute atomic E-state index is 12.5. The van der Waals surface area contributed by atoms with E-state index in [1.165, 1.54) is 10.5 Å². The summed E-state index contributed by atoms with van der Waals surface area (Å²) in [7, 11) is 0. The number of amides is 1. The van der Waals surface area contributed by atoms with Crippen molar-refractivity contribution in [3.8, 4) is 0 Å². The summed E-state index contributed by atoms with van der Waals surface area (Å²) in [6, 6.07) is 13.5. The van der Waals surface area contributed by atoms with Crippen molar-refractivity contribution in [1.29, 1.82) is 0 Å². The minimum absolute atomic E-state index is 0.0672. The van der Waals surface area contributed by atoms with E-state index >= 15 is 0 Å². The minimum atomic E-state index is -0.0785. The number of benzene rings is 2. The van der Waals surface area contributed by atoms with E-state index < -0.39 is 0 Å². The SMILES string of the molecule is O=C(NC1CCSc2ccccc21)c1ccc(Cl)cc1Br. The molecule has 5 heteroatoms. The number of nitrogens with one attached hydrogen (secondary N) is 1. The van der Waals surface area contributed by atoms with Gasteiger partial charge in [-0.1, -0.05) is 29.8 Å². The fourth-order valence-corrected chi connectivity index (χ4v) is 4.39. The summed E-state index contributed by atoms with van der Waals surface area (Å²) >= 11 is 11.2. The molecule has 2 nitrogen and oxygen atoms in total. The molecule has 108 valence electrons. The second-order valence-electron chi connectivity index (χ2n) is 4.83. The Hall–Kier alpha value is -0.970. The van der Waals surface area contributed by atoms with Crippen molar-refractivity contribution in [2.45, 2.75) is 17.4 Å². The molecule has 2 aromatic carbocycles. The standard InChI is InChI=1S/C16H13BrClNOS/c17-13-9-10(18)5-6-11(13)16(20)19-14-7-8-21-15-4-2-1-3-12(14)15/h1-6,9,14H,7-8H2,(H,19,20). The van der Waals surface area contributed by atoms with Gasteiger partial charge in [-0.15, -0.1) is 11.8 Å². The van der Waals surface area contributed by atoms with Crippen molar-refractivity contribution >= 4 is 45.2 Å². The van der Waals surface area contributed by atoms with Gasteiger partial charge in [-0.25, -0.2) is 0 Å². The first-order valence-corrected chi connectivity index (χ1v) is 8.78. The molecule has 1 amide bonds. The monoisotopic (exact) mass is 381 g/mol. The third-order valence-electron chi connectivity index (χ3n) is 3.44. The molecule has 0 fully saturated rings. The number of fused-ring (bicyclic) bond motifs is 1. The molecule has 0 aliphatic carbocycles. The van der Waals surface area contributed by atoms with Crippen LogP contribution in [-0.2, 0) is 0 Å². The molecule has 1 aliphatic heterocycles. The molecule has 1 heterocycles. The second-order valence-corrected chi connectivity index (χ2v) is 7.25. The van der Waals surface area contributed by atoms with Crippen LogP contribution < -0.4 is 5.32 Å². The summed E-state index contributed by atoms with van der Waals surface area (Å²) in [5.74, 6) is 0.939. The van der Waals surface area contributed by atoms with Gasteiger partial charge in [0.1, 0.15) is 0 Å². The Morgan fingerprint density at radius 1 is 1.29 bits per heavy atom. The Morgan fingerprint density at radius 2 is 2.10 bits per heavy atom. The number of carbonyl (C=O) groups excluding carboxylic acids is 1. The van der Waals surface area contributed by atoms with Crippen molar-refractivity contribution in [3.63, 3.8) is 0 Å². The van der Waals surface area contributed by atoms with Gasteiger partial charge in [-0.3, -0.25) is 4.79 Å². The minimum Gasteiger partial charge on any atom is -0.345 e. The Labute approximate surface area is 141 Å². The first kappa shape index (κ1) is 14.9. The highest BCUT2D eigenvalue weighted by atomic mass is 79.9. The van der Waals surface area contributed by atoms with Crippen molar-refractivity contribution < 1.29 is 4.79 Å². The van der Waals surface area contributed by atoms with Crippen molar-refractivity contribution in [3.05, 3.63) is 63.1 Å². The molecule has 3 rings (SSSR count). The number of halogens is 2. The van der Waals surface area contributed by atoms with Gasteiger partial charge < -0.3 is 5.32 Å². The van der Waals surface area contributed by atoms with Crippen LogP contribution >= 0.6 is 39.3 Å². The molecule has 1 N–H and O–H groups in total. The molecule has 0 spiro atoms. The van der Waals surface area contributed by atoms with Gasteiger partial charge in [0.15, 0.2) is 0 Å². The van der Waals surface area contributed by atoms with Crippen molar-refractivity contribution in [1.82, 2.24) is 5.32 Å². The van der Waals surface area contributed by atoms with Crippen LogP contribution in [-0.4, -0.2) is 11.7 Å². The molecule has 0 radical (unpaired) electrons. The predicted octanol–water partition coefficient (Wildman–Crippen LogP) is 5.07.